The van der Waals surface area contributed by atoms with Crippen LogP contribution in [0.1, 0.15) is 23.1 Å². The second-order valence-electron chi connectivity index (χ2n) is 4.54. The van der Waals surface area contributed by atoms with Crippen LogP contribution in [0.3, 0.4) is 0 Å². The van der Waals surface area contributed by atoms with Gasteiger partial charge in [-0.3, -0.25) is 10.6 Å². The molecular formula is C12H17N5O2S2. The van der Waals surface area contributed by atoms with Gasteiger partial charge in [0.2, 0.25) is 5.13 Å². The molecule has 0 atom stereocenters. The fourth-order valence-corrected chi connectivity index (χ4v) is 4.43. The molecule has 0 spiro atoms. The molecule has 0 saturated carbocycles. The maximum atomic E-state index is 12.5. The van der Waals surface area contributed by atoms with Crippen LogP contribution in [-0.2, 0) is 16.4 Å². The first-order chi connectivity index (χ1) is 9.87. The third kappa shape index (κ3) is 3.31. The quantitative estimate of drug-likeness (QED) is 0.570. The second-order valence-corrected chi connectivity index (χ2v) is 7.22. The van der Waals surface area contributed by atoms with E-state index in [1.165, 1.54) is 11.3 Å². The number of nitrogens with one attached hydrogen (secondary N) is 2. The first-order valence-electron chi connectivity index (χ1n) is 6.30. The van der Waals surface area contributed by atoms with Gasteiger partial charge in [-0.15, -0.1) is 10.2 Å². The number of anilines is 2. The summed E-state index contributed by atoms with van der Waals surface area (Å²) in [5, 5.41) is 8.79. The highest BCUT2D eigenvalue weighted by Crippen LogP contribution is 2.27. The van der Waals surface area contributed by atoms with E-state index >= 15 is 0 Å². The van der Waals surface area contributed by atoms with Gasteiger partial charge in [0.05, 0.1) is 4.90 Å². The minimum absolute atomic E-state index is 0.231. The van der Waals surface area contributed by atoms with Gasteiger partial charge in [0.25, 0.3) is 10.0 Å². The van der Waals surface area contributed by atoms with Gasteiger partial charge in [-0.1, -0.05) is 18.3 Å². The Bertz CT molecular complexity index is 732. The van der Waals surface area contributed by atoms with Crippen molar-refractivity contribution in [2.75, 3.05) is 10.1 Å². The zero-order valence-electron chi connectivity index (χ0n) is 12.0. The predicted octanol–water partition coefficient (Wildman–Crippen LogP) is 1.80. The summed E-state index contributed by atoms with van der Waals surface area (Å²) in [6.45, 7) is 5.38. The van der Waals surface area contributed by atoms with Crippen LogP contribution in [0, 0.1) is 13.8 Å². The number of hydrogen-bond donors (Lipinski definition) is 3. The van der Waals surface area contributed by atoms with Gasteiger partial charge in [0, 0.05) is 5.69 Å². The van der Waals surface area contributed by atoms with Crippen molar-refractivity contribution in [1.29, 1.82) is 0 Å². The number of nitrogens with zero attached hydrogens (tertiary/aromatic N) is 2. The first-order valence-corrected chi connectivity index (χ1v) is 8.60. The Labute approximate surface area is 127 Å². The Morgan fingerprint density at radius 1 is 1.24 bits per heavy atom. The van der Waals surface area contributed by atoms with Gasteiger partial charge < -0.3 is 5.43 Å². The molecule has 114 valence electrons. The van der Waals surface area contributed by atoms with E-state index in [1.54, 1.807) is 26.0 Å². The average molecular weight is 327 g/mol. The predicted molar refractivity (Wildman–Crippen MR) is 83.8 cm³/mol. The van der Waals surface area contributed by atoms with E-state index < -0.39 is 10.0 Å². The molecule has 0 radical (unpaired) electrons. The number of hydrogen-bond acceptors (Lipinski definition) is 7. The summed E-state index contributed by atoms with van der Waals surface area (Å²) >= 11 is 1.23. The number of aromatic nitrogens is 2. The summed E-state index contributed by atoms with van der Waals surface area (Å²) in [7, 11) is -3.71. The Morgan fingerprint density at radius 2 is 1.86 bits per heavy atom. The van der Waals surface area contributed by atoms with Crippen LogP contribution in [0.5, 0.6) is 0 Å². The van der Waals surface area contributed by atoms with E-state index in [9.17, 15) is 8.42 Å². The third-order valence-electron chi connectivity index (χ3n) is 2.89. The lowest BCUT2D eigenvalue weighted by atomic mass is 10.1. The summed E-state index contributed by atoms with van der Waals surface area (Å²) in [5.74, 6) is 5.36. The second kappa shape index (κ2) is 5.96. The molecule has 1 heterocycles. The molecule has 2 aromatic rings. The lowest BCUT2D eigenvalue weighted by molar-refractivity contribution is 0.600. The van der Waals surface area contributed by atoms with Crippen molar-refractivity contribution in [1.82, 2.24) is 10.2 Å². The van der Waals surface area contributed by atoms with E-state index in [2.05, 4.69) is 20.3 Å². The van der Waals surface area contributed by atoms with Crippen LogP contribution in [0.15, 0.2) is 17.0 Å². The molecule has 0 bridgehead atoms. The SMILES string of the molecule is CCc1nnc(NS(=O)(=O)c2c(C)cc(NN)cc2C)s1. The third-order valence-corrected chi connectivity index (χ3v) is 5.64. The van der Waals surface area contributed by atoms with Gasteiger partial charge in [-0.25, -0.2) is 8.42 Å². The van der Waals surface area contributed by atoms with Crippen molar-refractivity contribution < 1.29 is 8.42 Å². The topological polar surface area (TPSA) is 110 Å². The molecule has 1 aromatic heterocycles. The minimum atomic E-state index is -3.71. The smallest absolute Gasteiger partial charge is 0.264 e. The highest BCUT2D eigenvalue weighted by molar-refractivity contribution is 7.93. The van der Waals surface area contributed by atoms with Crippen LogP contribution in [0.4, 0.5) is 10.8 Å². The van der Waals surface area contributed by atoms with Crippen LogP contribution in [0.2, 0.25) is 0 Å². The summed E-state index contributed by atoms with van der Waals surface area (Å²) < 4.78 is 27.5. The van der Waals surface area contributed by atoms with E-state index in [1.807, 2.05) is 6.92 Å². The van der Waals surface area contributed by atoms with Crippen molar-refractivity contribution >= 4 is 32.2 Å². The average Bonchev–Trinajstić information content (AvgIpc) is 2.84. The normalized spacial score (nSPS) is 11.4. The van der Waals surface area contributed by atoms with Gasteiger partial charge in [0.15, 0.2) is 0 Å². The van der Waals surface area contributed by atoms with Crippen LogP contribution < -0.4 is 16.0 Å². The number of benzene rings is 1. The van der Waals surface area contributed by atoms with Gasteiger partial charge in [0.1, 0.15) is 5.01 Å². The van der Waals surface area contributed by atoms with E-state index in [0.717, 1.165) is 5.01 Å². The van der Waals surface area contributed by atoms with Crippen molar-refractivity contribution in [3.05, 3.63) is 28.3 Å². The molecule has 0 saturated heterocycles. The highest BCUT2D eigenvalue weighted by atomic mass is 32.2. The number of nitrogen functional groups attached to an aromatic ring is 1. The van der Waals surface area contributed by atoms with Gasteiger partial charge in [-0.2, -0.15) is 0 Å². The molecule has 9 heteroatoms. The summed E-state index contributed by atoms with van der Waals surface area (Å²) in [4.78, 5) is 0.231. The van der Waals surface area contributed by atoms with E-state index in [-0.39, 0.29) is 10.0 Å². The van der Waals surface area contributed by atoms with Crippen molar-refractivity contribution in [3.8, 4) is 0 Å². The maximum absolute atomic E-state index is 12.5. The number of hydrazine groups is 1. The van der Waals surface area contributed by atoms with Crippen LogP contribution >= 0.6 is 11.3 Å². The largest absolute Gasteiger partial charge is 0.324 e. The standard InChI is InChI=1S/C12H17N5O2S2/c1-4-10-15-16-12(20-10)17-21(18,19)11-7(2)5-9(14-13)6-8(11)3/h5-6,14H,4,13H2,1-3H3,(H,16,17). The van der Waals surface area contributed by atoms with Crippen LogP contribution in [0.25, 0.3) is 0 Å². The molecular weight excluding hydrogens is 310 g/mol. The zero-order chi connectivity index (χ0) is 15.6. The molecule has 2 rings (SSSR count). The van der Waals surface area contributed by atoms with Crippen LogP contribution in [-0.4, -0.2) is 18.6 Å². The summed E-state index contributed by atoms with van der Waals surface area (Å²) in [5.41, 5.74) is 4.39. The molecule has 0 aliphatic heterocycles. The minimum Gasteiger partial charge on any atom is -0.324 e. The maximum Gasteiger partial charge on any atom is 0.264 e. The molecule has 0 amide bonds. The number of sulfonamides is 1. The molecule has 1 aromatic carbocycles. The van der Waals surface area contributed by atoms with Crippen molar-refractivity contribution in [2.45, 2.75) is 32.1 Å². The molecule has 0 fully saturated rings. The molecule has 7 nitrogen and oxygen atoms in total. The Balaban J connectivity index is 2.40. The number of rotatable bonds is 5. The lowest BCUT2D eigenvalue weighted by Crippen LogP contribution is -2.16. The zero-order valence-corrected chi connectivity index (χ0v) is 13.6. The Kier molecular flexibility index (Phi) is 4.45. The monoisotopic (exact) mass is 327 g/mol. The molecule has 21 heavy (non-hydrogen) atoms. The molecule has 0 unspecified atom stereocenters. The van der Waals surface area contributed by atoms with E-state index in [4.69, 9.17) is 5.84 Å². The van der Waals surface area contributed by atoms with E-state index in [0.29, 0.717) is 23.2 Å². The number of aryl methyl sites for hydroxylation is 3. The first kappa shape index (κ1) is 15.7. The van der Waals surface area contributed by atoms with Crippen molar-refractivity contribution in [3.63, 3.8) is 0 Å². The summed E-state index contributed by atoms with van der Waals surface area (Å²) in [6, 6.07) is 3.36. The highest BCUT2D eigenvalue weighted by Gasteiger charge is 2.22. The van der Waals surface area contributed by atoms with Gasteiger partial charge in [-0.05, 0) is 43.5 Å². The lowest BCUT2D eigenvalue weighted by Gasteiger charge is -2.13. The van der Waals surface area contributed by atoms with Crippen molar-refractivity contribution in [2.24, 2.45) is 5.84 Å². The Morgan fingerprint density at radius 3 is 2.33 bits per heavy atom. The molecule has 0 aliphatic rings. The number of nitrogens with two attached hydrogens (primary N) is 1. The molecule has 4 N–H and O–H groups in total. The fourth-order valence-electron chi connectivity index (χ4n) is 2.06. The van der Waals surface area contributed by atoms with Gasteiger partial charge >= 0.3 is 0 Å². The summed E-state index contributed by atoms with van der Waals surface area (Å²) in [6.07, 6.45) is 0.717. The fraction of sp³-hybridized carbons (Fsp3) is 0.333. The molecule has 0 aliphatic carbocycles. The Hall–Kier alpha value is -1.71.